The highest BCUT2D eigenvalue weighted by Gasteiger charge is 2.20. The van der Waals surface area contributed by atoms with E-state index in [2.05, 4.69) is 12.2 Å². The quantitative estimate of drug-likeness (QED) is 0.652. The summed E-state index contributed by atoms with van der Waals surface area (Å²) in [5.74, 6) is 1.68. The van der Waals surface area contributed by atoms with Crippen molar-refractivity contribution < 1.29 is 4.79 Å². The Morgan fingerprint density at radius 3 is 2.86 bits per heavy atom. The maximum absolute atomic E-state index is 10.2. The molecule has 0 aromatic heterocycles. The van der Waals surface area contributed by atoms with Crippen LogP contribution in [-0.4, -0.2) is 13.0 Å². The highest BCUT2D eigenvalue weighted by molar-refractivity contribution is 5.45. The molecule has 2 atom stereocenters. The van der Waals surface area contributed by atoms with Gasteiger partial charge in [-0.05, 0) is 24.7 Å². The number of hydrogen-bond acceptors (Lipinski definition) is 1. The molecule has 1 fully saturated rings. The van der Waals surface area contributed by atoms with Crippen molar-refractivity contribution in [3.63, 3.8) is 0 Å². The largest absolute Gasteiger partial charge is 0.358 e. The zero-order chi connectivity index (χ0) is 10.2. The average Bonchev–Trinajstić information content (AvgIpc) is 2.24. The highest BCUT2D eigenvalue weighted by Crippen LogP contribution is 2.31. The standard InChI is InChI=1S/C12H23NO/c1-2-3-5-11-6-4-7-12(8-11)9-13-10-14/h10-12H,2-9H2,1H3,(H,13,14)/t11-,12+/m0/s1. The number of carbonyl (C=O) groups is 1. The van der Waals surface area contributed by atoms with Gasteiger partial charge in [-0.2, -0.15) is 0 Å². The van der Waals surface area contributed by atoms with Gasteiger partial charge in [0.15, 0.2) is 0 Å². The molecule has 1 saturated carbocycles. The van der Waals surface area contributed by atoms with Crippen LogP contribution in [-0.2, 0) is 4.79 Å². The van der Waals surface area contributed by atoms with Crippen molar-refractivity contribution in [3.8, 4) is 0 Å². The van der Waals surface area contributed by atoms with E-state index >= 15 is 0 Å². The Labute approximate surface area is 87.5 Å². The van der Waals surface area contributed by atoms with Crippen LogP contribution in [0.1, 0.15) is 51.9 Å². The van der Waals surface area contributed by atoms with E-state index in [1.165, 1.54) is 44.9 Å². The molecule has 1 aliphatic carbocycles. The Hall–Kier alpha value is -0.530. The normalized spacial score (nSPS) is 27.2. The number of amides is 1. The van der Waals surface area contributed by atoms with Gasteiger partial charge >= 0.3 is 0 Å². The summed E-state index contributed by atoms with van der Waals surface area (Å²) in [5, 5.41) is 2.81. The summed E-state index contributed by atoms with van der Waals surface area (Å²) in [7, 11) is 0. The minimum Gasteiger partial charge on any atom is -0.358 e. The van der Waals surface area contributed by atoms with Crippen LogP contribution < -0.4 is 5.32 Å². The molecule has 0 aromatic rings. The van der Waals surface area contributed by atoms with Crippen LogP contribution >= 0.6 is 0 Å². The van der Waals surface area contributed by atoms with Gasteiger partial charge in [0.2, 0.25) is 6.41 Å². The molecule has 2 nitrogen and oxygen atoms in total. The summed E-state index contributed by atoms with van der Waals surface area (Å²) in [5.41, 5.74) is 0. The van der Waals surface area contributed by atoms with Crippen LogP contribution in [0.15, 0.2) is 0 Å². The molecule has 1 N–H and O–H groups in total. The van der Waals surface area contributed by atoms with Crippen LogP contribution in [0.5, 0.6) is 0 Å². The summed E-state index contributed by atoms with van der Waals surface area (Å²) in [6, 6.07) is 0. The van der Waals surface area contributed by atoms with Gasteiger partial charge in [0, 0.05) is 6.54 Å². The number of carbonyl (C=O) groups excluding carboxylic acids is 1. The molecular formula is C12H23NO. The Morgan fingerprint density at radius 2 is 2.14 bits per heavy atom. The Morgan fingerprint density at radius 1 is 1.36 bits per heavy atom. The molecule has 0 heterocycles. The molecule has 0 spiro atoms. The molecule has 0 aromatic carbocycles. The van der Waals surface area contributed by atoms with Gasteiger partial charge in [-0.3, -0.25) is 4.79 Å². The molecular weight excluding hydrogens is 174 g/mol. The van der Waals surface area contributed by atoms with E-state index in [9.17, 15) is 4.79 Å². The predicted octanol–water partition coefficient (Wildman–Crippen LogP) is 2.73. The molecule has 0 aliphatic heterocycles. The van der Waals surface area contributed by atoms with Gasteiger partial charge in [0.05, 0.1) is 0 Å². The number of hydrogen-bond donors (Lipinski definition) is 1. The summed E-state index contributed by atoms with van der Waals surface area (Å²) in [6.07, 6.45) is 10.3. The molecule has 0 radical (unpaired) electrons. The van der Waals surface area contributed by atoms with Gasteiger partial charge in [0.1, 0.15) is 0 Å². The van der Waals surface area contributed by atoms with Crippen LogP contribution in [0.25, 0.3) is 0 Å². The van der Waals surface area contributed by atoms with Gasteiger partial charge in [-0.25, -0.2) is 0 Å². The Balaban J connectivity index is 2.17. The average molecular weight is 197 g/mol. The second kappa shape index (κ2) is 6.86. The monoisotopic (exact) mass is 197 g/mol. The van der Waals surface area contributed by atoms with E-state index in [4.69, 9.17) is 0 Å². The van der Waals surface area contributed by atoms with Crippen molar-refractivity contribution in [2.45, 2.75) is 51.9 Å². The third-order valence-electron chi connectivity index (χ3n) is 3.35. The second-order valence-corrected chi connectivity index (χ2v) is 4.57. The van der Waals surface area contributed by atoms with Crippen LogP contribution in [0.2, 0.25) is 0 Å². The topological polar surface area (TPSA) is 29.1 Å². The summed E-state index contributed by atoms with van der Waals surface area (Å²) in [6.45, 7) is 3.15. The molecule has 0 saturated heterocycles. The highest BCUT2D eigenvalue weighted by atomic mass is 16.1. The van der Waals surface area contributed by atoms with E-state index in [1.807, 2.05) is 0 Å². The minimum absolute atomic E-state index is 0.746. The van der Waals surface area contributed by atoms with Crippen molar-refractivity contribution >= 4 is 6.41 Å². The number of unbranched alkanes of at least 4 members (excludes halogenated alkanes) is 1. The van der Waals surface area contributed by atoms with E-state index in [0.717, 1.165) is 24.8 Å². The summed E-state index contributed by atoms with van der Waals surface area (Å²) < 4.78 is 0. The lowest BCUT2D eigenvalue weighted by molar-refractivity contribution is -0.109. The van der Waals surface area contributed by atoms with Crippen molar-refractivity contribution in [2.75, 3.05) is 6.54 Å². The molecule has 0 bridgehead atoms. The second-order valence-electron chi connectivity index (χ2n) is 4.57. The SMILES string of the molecule is CCCC[C@H]1CCC[C@@H](CNC=O)C1. The van der Waals surface area contributed by atoms with Crippen molar-refractivity contribution in [1.82, 2.24) is 5.32 Å². The van der Waals surface area contributed by atoms with Crippen molar-refractivity contribution in [2.24, 2.45) is 11.8 Å². The van der Waals surface area contributed by atoms with Gasteiger partial charge in [-0.1, -0.05) is 39.0 Å². The first-order valence-electron chi connectivity index (χ1n) is 6.03. The lowest BCUT2D eigenvalue weighted by atomic mass is 9.79. The van der Waals surface area contributed by atoms with E-state index < -0.39 is 0 Å². The molecule has 1 amide bonds. The smallest absolute Gasteiger partial charge is 0.207 e. The first-order valence-corrected chi connectivity index (χ1v) is 6.03. The van der Waals surface area contributed by atoms with E-state index in [-0.39, 0.29) is 0 Å². The molecule has 0 unspecified atom stereocenters. The van der Waals surface area contributed by atoms with Crippen LogP contribution in [0.4, 0.5) is 0 Å². The van der Waals surface area contributed by atoms with Crippen molar-refractivity contribution in [3.05, 3.63) is 0 Å². The predicted molar refractivity (Wildman–Crippen MR) is 59.0 cm³/mol. The molecule has 82 valence electrons. The fraction of sp³-hybridized carbons (Fsp3) is 0.917. The lowest BCUT2D eigenvalue weighted by Crippen LogP contribution is -2.26. The third kappa shape index (κ3) is 4.12. The fourth-order valence-corrected chi connectivity index (χ4v) is 2.56. The van der Waals surface area contributed by atoms with E-state index in [1.54, 1.807) is 0 Å². The maximum atomic E-state index is 10.2. The summed E-state index contributed by atoms with van der Waals surface area (Å²) in [4.78, 5) is 10.2. The fourth-order valence-electron chi connectivity index (χ4n) is 2.56. The first kappa shape index (κ1) is 11.5. The molecule has 14 heavy (non-hydrogen) atoms. The van der Waals surface area contributed by atoms with Gasteiger partial charge in [0.25, 0.3) is 0 Å². The maximum Gasteiger partial charge on any atom is 0.207 e. The first-order chi connectivity index (χ1) is 6.86. The lowest BCUT2D eigenvalue weighted by Gasteiger charge is -2.28. The third-order valence-corrected chi connectivity index (χ3v) is 3.35. The number of nitrogens with one attached hydrogen (secondary N) is 1. The zero-order valence-electron chi connectivity index (χ0n) is 9.30. The molecule has 2 heteroatoms. The van der Waals surface area contributed by atoms with Gasteiger partial charge in [-0.15, -0.1) is 0 Å². The molecule has 1 rings (SSSR count). The summed E-state index contributed by atoms with van der Waals surface area (Å²) >= 11 is 0. The Kier molecular flexibility index (Phi) is 5.65. The van der Waals surface area contributed by atoms with Crippen LogP contribution in [0.3, 0.4) is 0 Å². The zero-order valence-corrected chi connectivity index (χ0v) is 9.30. The number of rotatable bonds is 6. The van der Waals surface area contributed by atoms with Crippen LogP contribution in [0, 0.1) is 11.8 Å². The van der Waals surface area contributed by atoms with Gasteiger partial charge < -0.3 is 5.32 Å². The molecule has 1 aliphatic rings. The van der Waals surface area contributed by atoms with E-state index in [0.29, 0.717) is 0 Å². The Bertz CT molecular complexity index is 158. The minimum atomic E-state index is 0.746. The van der Waals surface area contributed by atoms with Crippen molar-refractivity contribution in [1.29, 1.82) is 0 Å².